The minimum atomic E-state index is 0.543. The quantitative estimate of drug-likeness (QED) is 0.747. The predicted octanol–water partition coefficient (Wildman–Crippen LogP) is 2.12. The number of rotatable bonds is 3. The molecule has 0 aromatic carbocycles. The van der Waals surface area contributed by atoms with Crippen molar-refractivity contribution in [3.05, 3.63) is 41.0 Å². The van der Waals surface area contributed by atoms with Crippen molar-refractivity contribution in [3.8, 4) is 5.88 Å². The zero-order valence-electron chi connectivity index (χ0n) is 6.88. The maximum absolute atomic E-state index is 5.41. The summed E-state index contributed by atoms with van der Waals surface area (Å²) in [6, 6.07) is 5.59. The summed E-state index contributed by atoms with van der Waals surface area (Å²) in [5.41, 5.74) is 1.79. The van der Waals surface area contributed by atoms with Crippen molar-refractivity contribution in [2.45, 2.75) is 6.61 Å². The van der Waals surface area contributed by atoms with Gasteiger partial charge in [-0.3, -0.25) is 4.98 Å². The molecule has 0 saturated heterocycles. The lowest BCUT2D eigenvalue weighted by Gasteiger charge is -2.00. The number of hydrogen-bond donors (Lipinski definition) is 0. The molecule has 0 unspecified atom stereocenters. The van der Waals surface area contributed by atoms with Gasteiger partial charge in [0.15, 0.2) is 0 Å². The van der Waals surface area contributed by atoms with E-state index >= 15 is 0 Å². The molecule has 3 nitrogen and oxygen atoms in total. The van der Waals surface area contributed by atoms with Crippen LogP contribution < -0.4 is 4.74 Å². The molecule has 4 heteroatoms. The van der Waals surface area contributed by atoms with Gasteiger partial charge in [0.05, 0.1) is 10.4 Å². The first-order valence-electron chi connectivity index (χ1n) is 3.86. The minimum Gasteiger partial charge on any atom is -0.472 e. The van der Waals surface area contributed by atoms with Gasteiger partial charge >= 0.3 is 0 Å². The van der Waals surface area contributed by atoms with Crippen LogP contribution in [-0.2, 0) is 6.61 Å². The topological polar surface area (TPSA) is 35.0 Å². The highest BCUT2D eigenvalue weighted by Crippen LogP contribution is 2.10. The van der Waals surface area contributed by atoms with Crippen LogP contribution in [0.1, 0.15) is 4.88 Å². The van der Waals surface area contributed by atoms with Crippen LogP contribution in [0.5, 0.6) is 5.88 Å². The molecule has 0 saturated carbocycles. The van der Waals surface area contributed by atoms with Gasteiger partial charge in [-0.05, 0) is 6.07 Å². The zero-order valence-corrected chi connectivity index (χ0v) is 7.70. The Labute approximate surface area is 80.0 Å². The molecule has 13 heavy (non-hydrogen) atoms. The molecule has 2 heterocycles. The molecule has 0 aliphatic carbocycles. The van der Waals surface area contributed by atoms with E-state index in [1.165, 1.54) is 0 Å². The third-order valence-corrected chi connectivity index (χ3v) is 2.24. The summed E-state index contributed by atoms with van der Waals surface area (Å²) < 4.78 is 5.41. The minimum absolute atomic E-state index is 0.543. The first-order valence-corrected chi connectivity index (χ1v) is 4.74. The van der Waals surface area contributed by atoms with E-state index in [1.54, 1.807) is 29.2 Å². The van der Waals surface area contributed by atoms with Crippen molar-refractivity contribution in [3.63, 3.8) is 0 Å². The van der Waals surface area contributed by atoms with Gasteiger partial charge in [-0.1, -0.05) is 6.07 Å². The summed E-state index contributed by atoms with van der Waals surface area (Å²) in [6.07, 6.45) is 3.51. The number of thiazole rings is 1. The summed E-state index contributed by atoms with van der Waals surface area (Å²) in [6.45, 7) is 0.543. The highest BCUT2D eigenvalue weighted by Gasteiger charge is 1.96. The van der Waals surface area contributed by atoms with E-state index in [9.17, 15) is 0 Å². The van der Waals surface area contributed by atoms with Gasteiger partial charge in [0.1, 0.15) is 6.61 Å². The van der Waals surface area contributed by atoms with Gasteiger partial charge in [-0.15, -0.1) is 11.3 Å². The molecule has 0 fully saturated rings. The summed E-state index contributed by atoms with van der Waals surface area (Å²) in [4.78, 5) is 9.10. The maximum Gasteiger partial charge on any atom is 0.213 e. The summed E-state index contributed by atoms with van der Waals surface area (Å²) >= 11 is 1.58. The highest BCUT2D eigenvalue weighted by atomic mass is 32.1. The Morgan fingerprint density at radius 2 is 2.38 bits per heavy atom. The Morgan fingerprint density at radius 3 is 3.08 bits per heavy atom. The molecular formula is C9H8N2OS. The molecule has 0 spiro atoms. The second-order valence-corrected chi connectivity index (χ2v) is 3.40. The van der Waals surface area contributed by atoms with Crippen LogP contribution in [0.2, 0.25) is 0 Å². The summed E-state index contributed by atoms with van der Waals surface area (Å²) in [5.74, 6) is 0.649. The zero-order chi connectivity index (χ0) is 8.93. The first kappa shape index (κ1) is 8.19. The summed E-state index contributed by atoms with van der Waals surface area (Å²) in [5, 5.41) is 0. The fraction of sp³-hybridized carbons (Fsp3) is 0.111. The van der Waals surface area contributed by atoms with Gasteiger partial charge in [0.2, 0.25) is 5.88 Å². The first-order chi connectivity index (χ1) is 6.45. The van der Waals surface area contributed by atoms with Crippen LogP contribution in [0, 0.1) is 0 Å². The van der Waals surface area contributed by atoms with E-state index < -0.39 is 0 Å². The van der Waals surface area contributed by atoms with Gasteiger partial charge in [-0.2, -0.15) is 0 Å². The predicted molar refractivity (Wildman–Crippen MR) is 50.7 cm³/mol. The number of aromatic nitrogens is 2. The normalized spacial score (nSPS) is 9.85. The molecule has 0 aliphatic heterocycles. The second kappa shape index (κ2) is 4.00. The van der Waals surface area contributed by atoms with E-state index in [-0.39, 0.29) is 0 Å². The number of hydrogen-bond acceptors (Lipinski definition) is 4. The highest BCUT2D eigenvalue weighted by molar-refractivity contribution is 7.09. The largest absolute Gasteiger partial charge is 0.472 e. The van der Waals surface area contributed by atoms with Gasteiger partial charge in [0, 0.05) is 18.5 Å². The van der Waals surface area contributed by atoms with Crippen molar-refractivity contribution in [2.75, 3.05) is 0 Å². The second-order valence-electron chi connectivity index (χ2n) is 2.42. The Bertz CT molecular complexity index is 347. The van der Waals surface area contributed by atoms with E-state index in [4.69, 9.17) is 4.74 Å². The van der Waals surface area contributed by atoms with Gasteiger partial charge in [0.25, 0.3) is 0 Å². The van der Waals surface area contributed by atoms with E-state index in [2.05, 4.69) is 9.97 Å². The Hall–Kier alpha value is -1.42. The van der Waals surface area contributed by atoms with E-state index in [0.717, 1.165) is 4.88 Å². The third kappa shape index (κ3) is 2.26. The molecule has 2 aromatic heterocycles. The Balaban J connectivity index is 1.94. The average Bonchev–Trinajstić information content (AvgIpc) is 2.69. The van der Waals surface area contributed by atoms with E-state index in [0.29, 0.717) is 12.5 Å². The molecule has 2 aromatic rings. The van der Waals surface area contributed by atoms with Crippen molar-refractivity contribution >= 4 is 11.3 Å². The lowest BCUT2D eigenvalue weighted by molar-refractivity contribution is 0.297. The van der Waals surface area contributed by atoms with Crippen molar-refractivity contribution < 1.29 is 4.74 Å². The van der Waals surface area contributed by atoms with Gasteiger partial charge < -0.3 is 4.74 Å². The molecule has 0 amide bonds. The fourth-order valence-corrected chi connectivity index (χ4v) is 1.40. The van der Waals surface area contributed by atoms with Crippen LogP contribution in [0.25, 0.3) is 0 Å². The Morgan fingerprint density at radius 1 is 1.38 bits per heavy atom. The summed E-state index contributed by atoms with van der Waals surface area (Å²) in [7, 11) is 0. The number of nitrogens with zero attached hydrogens (tertiary/aromatic N) is 2. The lowest BCUT2D eigenvalue weighted by Crippen LogP contribution is -1.94. The molecule has 0 atom stereocenters. The standard InChI is InChI=1S/C9H8N2OS/c1-2-4-11-9(3-1)12-6-8-5-10-7-13-8/h1-5,7H,6H2. The van der Waals surface area contributed by atoms with Crippen LogP contribution >= 0.6 is 11.3 Å². The average molecular weight is 192 g/mol. The Kier molecular flexibility index (Phi) is 2.52. The van der Waals surface area contributed by atoms with Crippen LogP contribution in [0.15, 0.2) is 36.1 Å². The van der Waals surface area contributed by atoms with Gasteiger partial charge in [-0.25, -0.2) is 4.98 Å². The monoisotopic (exact) mass is 192 g/mol. The SMILES string of the molecule is c1ccc(OCc2cncs2)nc1. The number of pyridine rings is 1. The molecule has 0 radical (unpaired) electrons. The van der Waals surface area contributed by atoms with Crippen molar-refractivity contribution in [1.29, 1.82) is 0 Å². The molecule has 66 valence electrons. The molecule has 0 bridgehead atoms. The van der Waals surface area contributed by atoms with Crippen LogP contribution in [0.3, 0.4) is 0 Å². The number of ether oxygens (including phenoxy) is 1. The van der Waals surface area contributed by atoms with E-state index in [1.807, 2.05) is 18.2 Å². The fourth-order valence-electron chi connectivity index (χ4n) is 0.891. The van der Waals surface area contributed by atoms with Crippen molar-refractivity contribution in [2.24, 2.45) is 0 Å². The molecule has 0 N–H and O–H groups in total. The third-order valence-electron chi connectivity index (χ3n) is 1.48. The molecule has 0 aliphatic rings. The maximum atomic E-state index is 5.41. The smallest absolute Gasteiger partial charge is 0.213 e. The van der Waals surface area contributed by atoms with Crippen molar-refractivity contribution in [1.82, 2.24) is 9.97 Å². The van der Waals surface area contributed by atoms with Crippen LogP contribution in [-0.4, -0.2) is 9.97 Å². The molecular weight excluding hydrogens is 184 g/mol. The lowest BCUT2D eigenvalue weighted by atomic mass is 10.5. The molecule has 2 rings (SSSR count). The van der Waals surface area contributed by atoms with Crippen LogP contribution in [0.4, 0.5) is 0 Å².